The van der Waals surface area contributed by atoms with Crippen LogP contribution in [0.25, 0.3) is 0 Å². The van der Waals surface area contributed by atoms with Crippen molar-refractivity contribution in [1.82, 2.24) is 0 Å². The Hall–Kier alpha value is -2.45. The maximum atomic E-state index is 11.7. The summed E-state index contributed by atoms with van der Waals surface area (Å²) in [7, 11) is 0. The van der Waals surface area contributed by atoms with E-state index in [1.807, 2.05) is 13.8 Å². The minimum Gasteiger partial charge on any atom is -0.478 e. The molecule has 0 saturated carbocycles. The summed E-state index contributed by atoms with van der Waals surface area (Å²) in [5.74, 6) is -3.48. The van der Waals surface area contributed by atoms with Gasteiger partial charge in [0, 0.05) is 13.2 Å². The summed E-state index contributed by atoms with van der Waals surface area (Å²) >= 11 is 0. The molecule has 0 radical (unpaired) electrons. The summed E-state index contributed by atoms with van der Waals surface area (Å²) in [5, 5.41) is 17.8. The number of epoxide rings is 1. The Kier molecular flexibility index (Phi) is 7.87. The molecule has 1 fully saturated rings. The lowest BCUT2D eigenvalue weighted by molar-refractivity contribution is 0.0467. The molecular formula is C16H20O8. The van der Waals surface area contributed by atoms with Gasteiger partial charge in [0.1, 0.15) is 12.7 Å². The van der Waals surface area contributed by atoms with Crippen LogP contribution in [-0.4, -0.2) is 60.7 Å². The number of carboxylic acids is 2. The zero-order chi connectivity index (χ0) is 18.1. The van der Waals surface area contributed by atoms with Crippen LogP contribution in [-0.2, 0) is 14.2 Å². The number of esters is 1. The van der Waals surface area contributed by atoms with E-state index in [0.29, 0.717) is 6.61 Å². The zero-order valence-electron chi connectivity index (χ0n) is 13.5. The van der Waals surface area contributed by atoms with Crippen molar-refractivity contribution in [3.05, 3.63) is 34.9 Å². The first kappa shape index (κ1) is 19.6. The lowest BCUT2D eigenvalue weighted by Gasteiger charge is -2.07. The largest absolute Gasteiger partial charge is 0.478 e. The number of aromatic carboxylic acids is 2. The number of rotatable bonds is 7. The van der Waals surface area contributed by atoms with Crippen LogP contribution in [0.2, 0.25) is 0 Å². The van der Waals surface area contributed by atoms with E-state index in [0.717, 1.165) is 31.4 Å². The number of carbonyl (C=O) groups is 3. The first-order valence-electron chi connectivity index (χ1n) is 7.37. The Balaban J connectivity index is 0.000000505. The van der Waals surface area contributed by atoms with Crippen LogP contribution in [0.15, 0.2) is 18.2 Å². The Morgan fingerprint density at radius 2 is 1.75 bits per heavy atom. The van der Waals surface area contributed by atoms with Gasteiger partial charge in [0.05, 0.1) is 23.3 Å². The van der Waals surface area contributed by atoms with Crippen LogP contribution in [0.1, 0.15) is 44.9 Å². The summed E-state index contributed by atoms with van der Waals surface area (Å²) in [6.07, 6.45) is -0.129. The Labute approximate surface area is 138 Å². The first-order chi connectivity index (χ1) is 11.4. The van der Waals surface area contributed by atoms with Crippen LogP contribution in [0.5, 0.6) is 0 Å². The molecular weight excluding hydrogens is 320 g/mol. The molecule has 1 heterocycles. The molecule has 1 aliphatic rings. The Morgan fingerprint density at radius 1 is 1.12 bits per heavy atom. The van der Waals surface area contributed by atoms with E-state index in [2.05, 4.69) is 0 Å². The van der Waals surface area contributed by atoms with Crippen molar-refractivity contribution in [3.63, 3.8) is 0 Å². The monoisotopic (exact) mass is 340 g/mol. The molecule has 1 aliphatic heterocycles. The van der Waals surface area contributed by atoms with Gasteiger partial charge in [-0.2, -0.15) is 0 Å². The van der Waals surface area contributed by atoms with Crippen molar-refractivity contribution in [2.75, 3.05) is 26.4 Å². The smallest absolute Gasteiger partial charge is 0.339 e. The minimum atomic E-state index is -1.39. The normalized spacial score (nSPS) is 15.0. The van der Waals surface area contributed by atoms with Crippen LogP contribution < -0.4 is 0 Å². The van der Waals surface area contributed by atoms with Gasteiger partial charge in [0.25, 0.3) is 0 Å². The van der Waals surface area contributed by atoms with Gasteiger partial charge in [-0.05, 0) is 32.0 Å². The van der Waals surface area contributed by atoms with Crippen molar-refractivity contribution in [2.45, 2.75) is 20.0 Å². The lowest BCUT2D eigenvalue weighted by atomic mass is 10.0. The van der Waals surface area contributed by atoms with Gasteiger partial charge in [-0.25, -0.2) is 14.4 Å². The van der Waals surface area contributed by atoms with Gasteiger partial charge in [-0.15, -0.1) is 0 Å². The second-order valence-corrected chi connectivity index (χ2v) is 4.71. The lowest BCUT2D eigenvalue weighted by Crippen LogP contribution is -2.15. The number of carbonyl (C=O) groups excluding carboxylic acids is 1. The first-order valence-corrected chi connectivity index (χ1v) is 7.37. The summed E-state index contributed by atoms with van der Waals surface area (Å²) in [5.41, 5.74) is -0.792. The van der Waals surface area contributed by atoms with Gasteiger partial charge in [-0.3, -0.25) is 0 Å². The fourth-order valence-electron chi connectivity index (χ4n) is 1.65. The van der Waals surface area contributed by atoms with Crippen molar-refractivity contribution >= 4 is 17.9 Å². The van der Waals surface area contributed by atoms with E-state index in [1.54, 1.807) is 0 Å². The van der Waals surface area contributed by atoms with E-state index >= 15 is 0 Å². The standard InChI is InChI=1S/C12H10O7.C4H10O/c13-10(14)6-1-2-8(9(3-6)11(15)16)12(17)19-5-7-4-18-7;1-3-5-4-2/h1-3,7H,4-5H2,(H,13,14)(H,15,16);3-4H2,1-2H3. The van der Waals surface area contributed by atoms with E-state index in [9.17, 15) is 14.4 Å². The topological polar surface area (TPSA) is 123 Å². The fourth-order valence-corrected chi connectivity index (χ4v) is 1.65. The second kappa shape index (κ2) is 9.64. The molecule has 0 spiro atoms. The molecule has 8 nitrogen and oxygen atoms in total. The van der Waals surface area contributed by atoms with Crippen molar-refractivity contribution in [2.24, 2.45) is 0 Å². The molecule has 1 atom stereocenters. The number of hydrogen-bond donors (Lipinski definition) is 2. The molecule has 2 rings (SSSR count). The van der Waals surface area contributed by atoms with Crippen molar-refractivity contribution in [3.8, 4) is 0 Å². The maximum Gasteiger partial charge on any atom is 0.339 e. The minimum absolute atomic E-state index is 0.0541. The molecule has 1 aromatic carbocycles. The number of hydrogen-bond acceptors (Lipinski definition) is 6. The average Bonchev–Trinajstić information content (AvgIpc) is 3.37. The fraction of sp³-hybridized carbons (Fsp3) is 0.438. The summed E-state index contributed by atoms with van der Waals surface area (Å²) in [6.45, 7) is 6.23. The van der Waals surface area contributed by atoms with Crippen molar-refractivity contribution < 1.29 is 38.8 Å². The summed E-state index contributed by atoms with van der Waals surface area (Å²) in [4.78, 5) is 33.5. The van der Waals surface area contributed by atoms with Gasteiger partial charge in [0.15, 0.2) is 0 Å². The third-order valence-corrected chi connectivity index (χ3v) is 2.93. The molecule has 1 aromatic rings. The highest BCUT2D eigenvalue weighted by Gasteiger charge is 2.26. The Morgan fingerprint density at radius 3 is 2.17 bits per heavy atom. The highest BCUT2D eigenvalue weighted by atomic mass is 16.6. The van der Waals surface area contributed by atoms with Gasteiger partial charge >= 0.3 is 17.9 Å². The molecule has 1 unspecified atom stereocenters. The Bertz CT molecular complexity index is 590. The average molecular weight is 340 g/mol. The van der Waals surface area contributed by atoms with E-state index < -0.39 is 23.5 Å². The number of ether oxygens (including phenoxy) is 3. The highest BCUT2D eigenvalue weighted by Crippen LogP contribution is 2.16. The molecule has 24 heavy (non-hydrogen) atoms. The summed E-state index contributed by atoms with van der Waals surface area (Å²) in [6, 6.07) is 3.21. The predicted molar refractivity (Wildman–Crippen MR) is 82.6 cm³/mol. The predicted octanol–water partition coefficient (Wildman–Crippen LogP) is 1.68. The molecule has 0 aliphatic carbocycles. The molecule has 2 N–H and O–H groups in total. The van der Waals surface area contributed by atoms with Gasteiger partial charge in [-0.1, -0.05) is 0 Å². The van der Waals surface area contributed by atoms with Crippen molar-refractivity contribution in [1.29, 1.82) is 0 Å². The molecule has 8 heteroatoms. The molecule has 0 amide bonds. The highest BCUT2D eigenvalue weighted by molar-refractivity contribution is 6.04. The van der Waals surface area contributed by atoms with Crippen LogP contribution in [0, 0.1) is 0 Å². The molecule has 1 saturated heterocycles. The third kappa shape index (κ3) is 6.35. The molecule has 0 aromatic heterocycles. The molecule has 0 bridgehead atoms. The van der Waals surface area contributed by atoms with Gasteiger partial charge < -0.3 is 24.4 Å². The number of carboxylic acid groups (broad SMARTS) is 2. The third-order valence-electron chi connectivity index (χ3n) is 2.93. The number of benzene rings is 1. The van der Waals surface area contributed by atoms with E-state index in [-0.39, 0.29) is 23.8 Å². The zero-order valence-corrected chi connectivity index (χ0v) is 13.5. The second-order valence-electron chi connectivity index (χ2n) is 4.71. The summed E-state index contributed by atoms with van der Waals surface area (Å²) < 4.78 is 14.6. The molecule has 132 valence electrons. The SMILES string of the molecule is CCOCC.O=C(O)c1ccc(C(=O)OCC2CO2)c(C(=O)O)c1. The van der Waals surface area contributed by atoms with Gasteiger partial charge in [0.2, 0.25) is 0 Å². The quantitative estimate of drug-likeness (QED) is 0.568. The van der Waals surface area contributed by atoms with Crippen LogP contribution >= 0.6 is 0 Å². The van der Waals surface area contributed by atoms with E-state index in [4.69, 9.17) is 24.4 Å². The van der Waals surface area contributed by atoms with Crippen LogP contribution in [0.4, 0.5) is 0 Å². The van der Waals surface area contributed by atoms with Crippen LogP contribution in [0.3, 0.4) is 0 Å². The van der Waals surface area contributed by atoms with E-state index in [1.165, 1.54) is 0 Å². The maximum absolute atomic E-state index is 11.7.